The van der Waals surface area contributed by atoms with E-state index in [1.807, 2.05) is 29.2 Å². The van der Waals surface area contributed by atoms with Crippen molar-refractivity contribution in [3.63, 3.8) is 0 Å². The summed E-state index contributed by atoms with van der Waals surface area (Å²) in [6, 6.07) is 7.94. The number of nitrogens with zero attached hydrogens (tertiary/aromatic N) is 3. The third-order valence-electron chi connectivity index (χ3n) is 5.24. The first-order chi connectivity index (χ1) is 13.7. The number of hydrogen-bond donors (Lipinski definition) is 2. The number of rotatable bonds is 6. The number of guanidine groups is 1. The van der Waals surface area contributed by atoms with Crippen molar-refractivity contribution in [1.29, 1.82) is 0 Å². The van der Waals surface area contributed by atoms with E-state index in [-0.39, 0.29) is 6.03 Å². The lowest BCUT2D eigenvalue weighted by Gasteiger charge is -2.24. The number of ether oxygens (including phenoxy) is 1. The molecule has 0 spiro atoms. The molecule has 1 aromatic rings. The first-order valence-electron chi connectivity index (χ1n) is 10.4. The summed E-state index contributed by atoms with van der Waals surface area (Å²) in [6.45, 7) is 7.82. The second kappa shape index (κ2) is 10.3. The highest BCUT2D eigenvalue weighted by Crippen LogP contribution is 2.16. The summed E-state index contributed by atoms with van der Waals surface area (Å²) in [5, 5.41) is 6.38. The van der Waals surface area contributed by atoms with Crippen molar-refractivity contribution < 1.29 is 9.53 Å². The Morgan fingerprint density at radius 2 is 2.18 bits per heavy atom. The SMILES string of the molecule is CCNC(=NCc1cccc(NC(=O)N2CCCC2)c1)N(C)CC1CCOC1. The first kappa shape index (κ1) is 20.5. The van der Waals surface area contributed by atoms with E-state index < -0.39 is 0 Å². The lowest BCUT2D eigenvalue weighted by molar-refractivity contribution is 0.181. The molecule has 7 nitrogen and oxygen atoms in total. The zero-order valence-electron chi connectivity index (χ0n) is 17.1. The Hall–Kier alpha value is -2.28. The van der Waals surface area contributed by atoms with Crippen LogP contribution in [-0.4, -0.2) is 68.2 Å². The van der Waals surface area contributed by atoms with Crippen LogP contribution in [0.1, 0.15) is 31.7 Å². The number of aliphatic imine (C=N–C) groups is 1. The summed E-state index contributed by atoms with van der Waals surface area (Å²) in [5.74, 6) is 1.47. The average molecular weight is 388 g/mol. The molecule has 0 saturated carbocycles. The first-order valence-corrected chi connectivity index (χ1v) is 10.4. The van der Waals surface area contributed by atoms with E-state index >= 15 is 0 Å². The van der Waals surface area contributed by atoms with Crippen molar-refractivity contribution in [2.75, 3.05) is 51.8 Å². The summed E-state index contributed by atoms with van der Waals surface area (Å²) in [4.78, 5) is 21.1. The van der Waals surface area contributed by atoms with Gasteiger partial charge in [0.15, 0.2) is 5.96 Å². The van der Waals surface area contributed by atoms with Gasteiger partial charge in [0.2, 0.25) is 0 Å². The van der Waals surface area contributed by atoms with E-state index in [4.69, 9.17) is 9.73 Å². The minimum absolute atomic E-state index is 0.00925. The second-order valence-corrected chi connectivity index (χ2v) is 7.60. The average Bonchev–Trinajstić information content (AvgIpc) is 3.39. The number of amides is 2. The lowest BCUT2D eigenvalue weighted by Crippen LogP contribution is -2.41. The van der Waals surface area contributed by atoms with Gasteiger partial charge in [0.1, 0.15) is 0 Å². The zero-order chi connectivity index (χ0) is 19.8. The molecule has 1 aromatic carbocycles. The van der Waals surface area contributed by atoms with Crippen LogP contribution in [0.25, 0.3) is 0 Å². The predicted molar refractivity (Wildman–Crippen MR) is 113 cm³/mol. The van der Waals surface area contributed by atoms with Gasteiger partial charge in [-0.2, -0.15) is 0 Å². The quantitative estimate of drug-likeness (QED) is 0.582. The molecule has 0 radical (unpaired) electrons. The second-order valence-electron chi connectivity index (χ2n) is 7.60. The maximum Gasteiger partial charge on any atom is 0.321 e. The van der Waals surface area contributed by atoms with Crippen molar-refractivity contribution >= 4 is 17.7 Å². The van der Waals surface area contributed by atoms with Gasteiger partial charge in [0.05, 0.1) is 13.2 Å². The maximum atomic E-state index is 12.3. The number of urea groups is 1. The molecule has 28 heavy (non-hydrogen) atoms. The molecule has 7 heteroatoms. The van der Waals surface area contributed by atoms with Gasteiger partial charge in [-0.3, -0.25) is 0 Å². The normalized spacial score (nSPS) is 19.7. The van der Waals surface area contributed by atoms with Gasteiger partial charge in [0, 0.05) is 51.4 Å². The summed E-state index contributed by atoms with van der Waals surface area (Å²) in [6.07, 6.45) is 3.30. The molecular weight excluding hydrogens is 354 g/mol. The number of anilines is 1. The van der Waals surface area contributed by atoms with Crippen LogP contribution in [0.5, 0.6) is 0 Å². The fraction of sp³-hybridized carbons (Fsp3) is 0.619. The highest BCUT2D eigenvalue weighted by molar-refractivity contribution is 5.89. The van der Waals surface area contributed by atoms with E-state index in [1.165, 1.54) is 0 Å². The summed E-state index contributed by atoms with van der Waals surface area (Å²) in [7, 11) is 2.08. The number of benzene rings is 1. The van der Waals surface area contributed by atoms with Gasteiger partial charge in [-0.05, 0) is 43.9 Å². The fourth-order valence-electron chi connectivity index (χ4n) is 3.71. The Morgan fingerprint density at radius 1 is 1.36 bits per heavy atom. The highest BCUT2D eigenvalue weighted by Gasteiger charge is 2.19. The van der Waals surface area contributed by atoms with E-state index in [9.17, 15) is 4.79 Å². The number of likely N-dealkylation sites (tertiary alicyclic amines) is 1. The van der Waals surface area contributed by atoms with Gasteiger partial charge in [-0.15, -0.1) is 0 Å². The van der Waals surface area contributed by atoms with Crippen LogP contribution >= 0.6 is 0 Å². The van der Waals surface area contributed by atoms with Crippen LogP contribution in [0, 0.1) is 5.92 Å². The molecule has 1 atom stereocenters. The minimum Gasteiger partial charge on any atom is -0.381 e. The Balaban J connectivity index is 1.59. The molecule has 0 aromatic heterocycles. The molecule has 0 aliphatic carbocycles. The number of hydrogen-bond acceptors (Lipinski definition) is 3. The van der Waals surface area contributed by atoms with Gasteiger partial charge in [-0.1, -0.05) is 12.1 Å². The van der Waals surface area contributed by atoms with Crippen LogP contribution in [0.15, 0.2) is 29.3 Å². The van der Waals surface area contributed by atoms with Crippen molar-refractivity contribution in [3.8, 4) is 0 Å². The number of nitrogens with one attached hydrogen (secondary N) is 2. The van der Waals surface area contributed by atoms with E-state index in [1.54, 1.807) is 0 Å². The lowest BCUT2D eigenvalue weighted by atomic mass is 10.1. The summed E-state index contributed by atoms with van der Waals surface area (Å²) >= 11 is 0. The van der Waals surface area contributed by atoms with Gasteiger partial charge >= 0.3 is 6.03 Å². The largest absolute Gasteiger partial charge is 0.381 e. The molecule has 2 N–H and O–H groups in total. The topological polar surface area (TPSA) is 69.2 Å². The van der Waals surface area contributed by atoms with Crippen LogP contribution in [0.2, 0.25) is 0 Å². The molecule has 2 amide bonds. The Morgan fingerprint density at radius 3 is 2.89 bits per heavy atom. The highest BCUT2D eigenvalue weighted by atomic mass is 16.5. The predicted octanol–water partition coefficient (Wildman–Crippen LogP) is 2.75. The molecular formula is C21H33N5O2. The third-order valence-corrected chi connectivity index (χ3v) is 5.24. The minimum atomic E-state index is -0.00925. The van der Waals surface area contributed by atoms with Crippen molar-refractivity contribution in [3.05, 3.63) is 29.8 Å². The Bertz CT molecular complexity index is 667. The zero-order valence-corrected chi connectivity index (χ0v) is 17.1. The van der Waals surface area contributed by atoms with Crippen LogP contribution in [-0.2, 0) is 11.3 Å². The molecule has 3 rings (SSSR count). The molecule has 2 aliphatic rings. The molecule has 2 heterocycles. The number of carbonyl (C=O) groups excluding carboxylic acids is 1. The molecule has 2 aliphatic heterocycles. The third kappa shape index (κ3) is 5.86. The van der Waals surface area contributed by atoms with E-state index in [0.717, 1.165) is 75.9 Å². The smallest absolute Gasteiger partial charge is 0.321 e. The summed E-state index contributed by atoms with van der Waals surface area (Å²) < 4.78 is 5.48. The molecule has 0 bridgehead atoms. The molecule has 2 saturated heterocycles. The van der Waals surface area contributed by atoms with Crippen LogP contribution < -0.4 is 10.6 Å². The standard InChI is InChI=1S/C21H33N5O2/c1-3-22-20(25(2)15-18-9-12-28-16-18)23-14-17-7-6-8-19(13-17)24-21(27)26-10-4-5-11-26/h6-8,13,18H,3-5,9-12,14-16H2,1-2H3,(H,22,23)(H,24,27). The van der Waals surface area contributed by atoms with Crippen molar-refractivity contribution in [2.24, 2.45) is 10.9 Å². The van der Waals surface area contributed by atoms with Crippen LogP contribution in [0.4, 0.5) is 10.5 Å². The van der Waals surface area contributed by atoms with Crippen molar-refractivity contribution in [1.82, 2.24) is 15.1 Å². The van der Waals surface area contributed by atoms with Gasteiger partial charge in [-0.25, -0.2) is 9.79 Å². The molecule has 154 valence electrons. The molecule has 2 fully saturated rings. The van der Waals surface area contributed by atoms with Gasteiger partial charge in [0.25, 0.3) is 0 Å². The number of carbonyl (C=O) groups is 1. The summed E-state index contributed by atoms with van der Waals surface area (Å²) in [5.41, 5.74) is 1.90. The van der Waals surface area contributed by atoms with Crippen LogP contribution in [0.3, 0.4) is 0 Å². The van der Waals surface area contributed by atoms with Crippen molar-refractivity contribution in [2.45, 2.75) is 32.7 Å². The fourth-order valence-corrected chi connectivity index (χ4v) is 3.71. The Labute approximate surface area is 168 Å². The maximum absolute atomic E-state index is 12.3. The van der Waals surface area contributed by atoms with E-state index in [0.29, 0.717) is 12.5 Å². The van der Waals surface area contributed by atoms with Gasteiger partial charge < -0.3 is 25.2 Å². The Kier molecular flexibility index (Phi) is 7.54. The van der Waals surface area contributed by atoms with E-state index in [2.05, 4.69) is 29.5 Å². The monoisotopic (exact) mass is 387 g/mol. The molecule has 1 unspecified atom stereocenters.